The maximum absolute atomic E-state index is 12.8. The zero-order valence-corrected chi connectivity index (χ0v) is 14.2. The Hall–Kier alpha value is -2.41. The van der Waals surface area contributed by atoms with E-state index in [1.165, 1.54) is 4.88 Å². The molecule has 4 rings (SSSR count). The fourth-order valence-electron chi connectivity index (χ4n) is 2.81. The van der Waals surface area contributed by atoms with Crippen LogP contribution in [0.3, 0.4) is 0 Å². The van der Waals surface area contributed by atoms with Crippen molar-refractivity contribution < 1.29 is 4.79 Å². The largest absolute Gasteiger partial charge is 0.328 e. The van der Waals surface area contributed by atoms with E-state index >= 15 is 0 Å². The van der Waals surface area contributed by atoms with Gasteiger partial charge in [0.2, 0.25) is 0 Å². The molecule has 1 saturated carbocycles. The Morgan fingerprint density at radius 3 is 3.00 bits per heavy atom. The van der Waals surface area contributed by atoms with Crippen LogP contribution in [-0.4, -0.2) is 31.6 Å². The summed E-state index contributed by atoms with van der Waals surface area (Å²) in [6.07, 6.45) is 4.08. The number of nitrogens with zero attached hydrogens (tertiary/aromatic N) is 4. The van der Waals surface area contributed by atoms with Crippen LogP contribution in [0.15, 0.2) is 41.9 Å². The van der Waals surface area contributed by atoms with Crippen molar-refractivity contribution in [3.05, 3.63) is 52.6 Å². The number of aromatic nitrogens is 3. The van der Waals surface area contributed by atoms with Gasteiger partial charge in [0.1, 0.15) is 0 Å². The zero-order valence-electron chi connectivity index (χ0n) is 13.4. The van der Waals surface area contributed by atoms with Gasteiger partial charge < -0.3 is 10.2 Å². The summed E-state index contributed by atoms with van der Waals surface area (Å²) in [5.74, 6) is 0.742. The molecular formula is C17H19N5OS. The highest BCUT2D eigenvalue weighted by Gasteiger charge is 2.33. The number of nitrogens with one attached hydrogen (secondary N) is 1. The van der Waals surface area contributed by atoms with Gasteiger partial charge >= 0.3 is 6.03 Å². The first kappa shape index (κ1) is 15.1. The SMILES string of the molecule is C[C@H](NC(=O)N(Cc1cccs1)C1CC1)c1nnc2ccccn12. The third-order valence-electron chi connectivity index (χ3n) is 4.22. The smallest absolute Gasteiger partial charge is 0.318 e. The van der Waals surface area contributed by atoms with Gasteiger partial charge in [-0.25, -0.2) is 4.79 Å². The number of hydrogen-bond acceptors (Lipinski definition) is 4. The van der Waals surface area contributed by atoms with Crippen molar-refractivity contribution in [2.75, 3.05) is 0 Å². The topological polar surface area (TPSA) is 62.5 Å². The fourth-order valence-corrected chi connectivity index (χ4v) is 3.51. The molecule has 0 saturated heterocycles. The van der Waals surface area contributed by atoms with E-state index in [1.54, 1.807) is 11.3 Å². The maximum Gasteiger partial charge on any atom is 0.318 e. The quantitative estimate of drug-likeness (QED) is 0.775. The van der Waals surface area contributed by atoms with Gasteiger partial charge in [0.05, 0.1) is 12.6 Å². The number of thiophene rings is 1. The Labute approximate surface area is 144 Å². The first-order valence-electron chi connectivity index (χ1n) is 8.11. The molecule has 3 heterocycles. The van der Waals surface area contributed by atoms with Gasteiger partial charge in [-0.2, -0.15) is 0 Å². The lowest BCUT2D eigenvalue weighted by Crippen LogP contribution is -2.42. The Kier molecular flexibility index (Phi) is 3.93. The zero-order chi connectivity index (χ0) is 16.5. The second-order valence-corrected chi connectivity index (χ2v) is 7.13. The van der Waals surface area contributed by atoms with E-state index in [-0.39, 0.29) is 12.1 Å². The number of fused-ring (bicyclic) bond motifs is 1. The third-order valence-corrected chi connectivity index (χ3v) is 5.08. The molecule has 2 amide bonds. The van der Waals surface area contributed by atoms with Gasteiger partial charge in [0, 0.05) is 17.1 Å². The summed E-state index contributed by atoms with van der Waals surface area (Å²) in [6.45, 7) is 2.61. The van der Waals surface area contributed by atoms with Crippen molar-refractivity contribution in [2.24, 2.45) is 0 Å². The highest BCUT2D eigenvalue weighted by Crippen LogP contribution is 2.29. The first-order valence-corrected chi connectivity index (χ1v) is 8.99. The van der Waals surface area contributed by atoms with Gasteiger partial charge in [0.15, 0.2) is 11.5 Å². The van der Waals surface area contributed by atoms with E-state index in [2.05, 4.69) is 21.6 Å². The highest BCUT2D eigenvalue weighted by molar-refractivity contribution is 7.09. The minimum atomic E-state index is -0.209. The monoisotopic (exact) mass is 341 g/mol. The van der Waals surface area contributed by atoms with Crippen LogP contribution in [-0.2, 0) is 6.54 Å². The Morgan fingerprint density at radius 2 is 2.25 bits per heavy atom. The van der Waals surface area contributed by atoms with Crippen molar-refractivity contribution in [3.63, 3.8) is 0 Å². The number of carbonyl (C=O) groups excluding carboxylic acids is 1. The molecule has 1 aliphatic rings. The number of urea groups is 1. The molecule has 1 aliphatic carbocycles. The molecule has 1 atom stereocenters. The van der Waals surface area contributed by atoms with Gasteiger partial charge in [-0.1, -0.05) is 12.1 Å². The maximum atomic E-state index is 12.8. The molecule has 0 spiro atoms. The number of hydrogen-bond donors (Lipinski definition) is 1. The molecule has 0 unspecified atom stereocenters. The molecule has 0 bridgehead atoms. The van der Waals surface area contributed by atoms with Crippen LogP contribution in [0, 0.1) is 0 Å². The van der Waals surface area contributed by atoms with Crippen molar-refractivity contribution in [1.82, 2.24) is 24.8 Å². The average Bonchev–Trinajstić information content (AvgIpc) is 3.11. The number of carbonyl (C=O) groups is 1. The summed E-state index contributed by atoms with van der Waals surface area (Å²) >= 11 is 1.68. The van der Waals surface area contributed by atoms with Crippen LogP contribution in [0.1, 0.15) is 36.5 Å². The third kappa shape index (κ3) is 2.99. The lowest BCUT2D eigenvalue weighted by Gasteiger charge is -2.24. The number of rotatable bonds is 5. The van der Waals surface area contributed by atoms with E-state index in [9.17, 15) is 4.79 Å². The average molecular weight is 341 g/mol. The second kappa shape index (κ2) is 6.24. The highest BCUT2D eigenvalue weighted by atomic mass is 32.1. The first-order chi connectivity index (χ1) is 11.7. The van der Waals surface area contributed by atoms with Gasteiger partial charge in [0.25, 0.3) is 0 Å². The molecule has 0 aliphatic heterocycles. The molecule has 1 N–H and O–H groups in total. The predicted molar refractivity (Wildman–Crippen MR) is 92.8 cm³/mol. The minimum Gasteiger partial charge on any atom is -0.328 e. The fraction of sp³-hybridized carbons (Fsp3) is 0.353. The molecule has 24 heavy (non-hydrogen) atoms. The molecule has 6 nitrogen and oxygen atoms in total. The lowest BCUT2D eigenvalue weighted by atomic mass is 10.3. The van der Waals surface area contributed by atoms with Crippen molar-refractivity contribution in [3.8, 4) is 0 Å². The standard InChI is InChI=1S/C17H19N5OS/c1-12(16-20-19-15-6-2-3-9-21(15)16)18-17(23)22(13-7-8-13)11-14-5-4-10-24-14/h2-6,9-10,12-13H,7-8,11H2,1H3,(H,18,23)/t12-/m0/s1. The summed E-state index contributed by atoms with van der Waals surface area (Å²) in [5, 5.41) is 13.5. The summed E-state index contributed by atoms with van der Waals surface area (Å²) in [7, 11) is 0. The normalized spacial score (nSPS) is 15.4. The van der Waals surface area contributed by atoms with Crippen LogP contribution in [0.5, 0.6) is 0 Å². The van der Waals surface area contributed by atoms with Crippen LogP contribution in [0.25, 0.3) is 5.65 Å². The van der Waals surface area contributed by atoms with Crippen molar-refractivity contribution in [1.29, 1.82) is 0 Å². The van der Waals surface area contributed by atoms with Crippen LogP contribution >= 0.6 is 11.3 Å². The lowest BCUT2D eigenvalue weighted by molar-refractivity contribution is 0.188. The van der Waals surface area contributed by atoms with Crippen LogP contribution in [0.2, 0.25) is 0 Å². The summed E-state index contributed by atoms with van der Waals surface area (Å²) in [4.78, 5) is 15.9. The molecule has 1 fully saturated rings. The van der Waals surface area contributed by atoms with E-state index in [4.69, 9.17) is 0 Å². The van der Waals surface area contributed by atoms with Gasteiger partial charge in [-0.3, -0.25) is 4.40 Å². The number of amides is 2. The van der Waals surface area contributed by atoms with Crippen LogP contribution in [0.4, 0.5) is 4.79 Å². The Morgan fingerprint density at radius 1 is 1.38 bits per heavy atom. The molecule has 7 heteroatoms. The number of pyridine rings is 1. The molecule has 124 valence electrons. The van der Waals surface area contributed by atoms with Crippen LogP contribution < -0.4 is 5.32 Å². The van der Waals surface area contributed by atoms with Gasteiger partial charge in [-0.15, -0.1) is 21.5 Å². The summed E-state index contributed by atoms with van der Waals surface area (Å²) in [5.41, 5.74) is 0.784. The van der Waals surface area contributed by atoms with E-state index in [1.807, 2.05) is 52.1 Å². The molecular weight excluding hydrogens is 322 g/mol. The van der Waals surface area contributed by atoms with Crippen molar-refractivity contribution >= 4 is 23.0 Å². The van der Waals surface area contributed by atoms with Gasteiger partial charge in [-0.05, 0) is 43.3 Å². The second-order valence-electron chi connectivity index (χ2n) is 6.10. The summed E-state index contributed by atoms with van der Waals surface area (Å²) in [6, 6.07) is 9.96. The molecule has 3 aromatic rings. The predicted octanol–water partition coefficient (Wildman–Crippen LogP) is 3.23. The summed E-state index contributed by atoms with van der Waals surface area (Å²) < 4.78 is 1.91. The Bertz CT molecular complexity index is 840. The van der Waals surface area contributed by atoms with Crippen molar-refractivity contribution in [2.45, 2.75) is 38.4 Å². The van der Waals surface area contributed by atoms with E-state index < -0.39 is 0 Å². The molecule has 3 aromatic heterocycles. The minimum absolute atomic E-state index is 0.0360. The Balaban J connectivity index is 1.49. The molecule has 0 radical (unpaired) electrons. The van der Waals surface area contributed by atoms with E-state index in [0.29, 0.717) is 12.6 Å². The van der Waals surface area contributed by atoms with E-state index in [0.717, 1.165) is 24.3 Å². The molecule has 0 aromatic carbocycles.